The molecule has 1 fully saturated rings. The van der Waals surface area contributed by atoms with Gasteiger partial charge in [0.15, 0.2) is 0 Å². The number of hydrogen-bond acceptors (Lipinski definition) is 2. The van der Waals surface area contributed by atoms with Gasteiger partial charge in [0, 0.05) is 25.2 Å². The molecule has 0 saturated carbocycles. The molecule has 1 amide bonds. The first kappa shape index (κ1) is 21.0. The van der Waals surface area contributed by atoms with Crippen molar-refractivity contribution < 1.29 is 4.79 Å². The Kier molecular flexibility index (Phi) is 7.25. The SMILES string of the molecule is CC1CCCN(c2ccc(C(C)NC(=O)CCc3ccc(Cl)c(Cl)c3)cc2)C1. The second-order valence-electron chi connectivity index (χ2n) is 7.82. The Balaban J connectivity index is 1.51. The highest BCUT2D eigenvalue weighted by Crippen LogP contribution is 2.25. The van der Waals surface area contributed by atoms with Crippen LogP contribution < -0.4 is 10.2 Å². The molecule has 2 aromatic carbocycles. The van der Waals surface area contributed by atoms with E-state index in [0.29, 0.717) is 22.9 Å². The fraction of sp³-hybridized carbons (Fsp3) is 0.435. The molecule has 1 N–H and O–H groups in total. The number of benzene rings is 2. The summed E-state index contributed by atoms with van der Waals surface area (Å²) in [6.45, 7) is 6.59. The van der Waals surface area contributed by atoms with Gasteiger partial charge in [0.25, 0.3) is 0 Å². The summed E-state index contributed by atoms with van der Waals surface area (Å²) in [6.07, 6.45) is 3.64. The molecule has 3 rings (SSSR count). The molecule has 1 saturated heterocycles. The number of hydrogen-bond donors (Lipinski definition) is 1. The number of aryl methyl sites for hydroxylation is 1. The van der Waals surface area contributed by atoms with Crippen molar-refractivity contribution in [1.82, 2.24) is 5.32 Å². The maximum Gasteiger partial charge on any atom is 0.220 e. The fourth-order valence-electron chi connectivity index (χ4n) is 3.75. The van der Waals surface area contributed by atoms with Gasteiger partial charge >= 0.3 is 0 Å². The van der Waals surface area contributed by atoms with Gasteiger partial charge in [0.05, 0.1) is 16.1 Å². The van der Waals surface area contributed by atoms with Crippen LogP contribution in [0.5, 0.6) is 0 Å². The average molecular weight is 419 g/mol. The van der Waals surface area contributed by atoms with Gasteiger partial charge in [-0.2, -0.15) is 0 Å². The Hall–Kier alpha value is -1.71. The van der Waals surface area contributed by atoms with E-state index in [1.54, 1.807) is 6.07 Å². The van der Waals surface area contributed by atoms with Crippen molar-refractivity contribution >= 4 is 34.8 Å². The number of carbonyl (C=O) groups is 1. The van der Waals surface area contributed by atoms with Crippen molar-refractivity contribution in [2.75, 3.05) is 18.0 Å². The van der Waals surface area contributed by atoms with E-state index < -0.39 is 0 Å². The summed E-state index contributed by atoms with van der Waals surface area (Å²) in [4.78, 5) is 14.8. The second kappa shape index (κ2) is 9.67. The van der Waals surface area contributed by atoms with Crippen LogP contribution in [0.15, 0.2) is 42.5 Å². The summed E-state index contributed by atoms with van der Waals surface area (Å²) in [7, 11) is 0. The van der Waals surface area contributed by atoms with Crippen molar-refractivity contribution in [2.45, 2.75) is 45.6 Å². The van der Waals surface area contributed by atoms with E-state index in [1.165, 1.54) is 18.5 Å². The molecular weight excluding hydrogens is 391 g/mol. The number of nitrogens with one attached hydrogen (secondary N) is 1. The van der Waals surface area contributed by atoms with Gasteiger partial charge in [-0.25, -0.2) is 0 Å². The minimum Gasteiger partial charge on any atom is -0.371 e. The second-order valence-corrected chi connectivity index (χ2v) is 8.64. The highest BCUT2D eigenvalue weighted by molar-refractivity contribution is 6.42. The van der Waals surface area contributed by atoms with Crippen LogP contribution in [0.25, 0.3) is 0 Å². The number of rotatable bonds is 6. The van der Waals surface area contributed by atoms with Crippen molar-refractivity contribution in [3.63, 3.8) is 0 Å². The van der Waals surface area contributed by atoms with Crippen LogP contribution in [0.1, 0.15) is 50.3 Å². The first-order valence-electron chi connectivity index (χ1n) is 10.0. The largest absolute Gasteiger partial charge is 0.371 e. The average Bonchev–Trinajstić information content (AvgIpc) is 2.69. The third-order valence-corrected chi connectivity index (χ3v) is 6.16. The number of halogens is 2. The maximum absolute atomic E-state index is 12.3. The molecule has 0 spiro atoms. The predicted octanol–water partition coefficient (Wildman–Crippen LogP) is 6.04. The van der Waals surface area contributed by atoms with Crippen molar-refractivity contribution in [3.8, 4) is 0 Å². The van der Waals surface area contributed by atoms with E-state index in [4.69, 9.17) is 23.2 Å². The van der Waals surface area contributed by atoms with Gasteiger partial charge in [0.2, 0.25) is 5.91 Å². The van der Waals surface area contributed by atoms with E-state index in [2.05, 4.69) is 41.4 Å². The number of piperidine rings is 1. The quantitative estimate of drug-likeness (QED) is 0.619. The summed E-state index contributed by atoms with van der Waals surface area (Å²) >= 11 is 12.0. The highest BCUT2D eigenvalue weighted by atomic mass is 35.5. The molecule has 0 radical (unpaired) electrons. The fourth-order valence-corrected chi connectivity index (χ4v) is 4.07. The van der Waals surface area contributed by atoms with Gasteiger partial charge in [-0.3, -0.25) is 4.79 Å². The smallest absolute Gasteiger partial charge is 0.220 e. The summed E-state index contributed by atoms with van der Waals surface area (Å²) in [6, 6.07) is 14.1. The van der Waals surface area contributed by atoms with Crippen LogP contribution in [0.3, 0.4) is 0 Å². The lowest BCUT2D eigenvalue weighted by molar-refractivity contribution is -0.121. The van der Waals surface area contributed by atoms with Gasteiger partial charge < -0.3 is 10.2 Å². The normalized spacial score (nSPS) is 18.0. The van der Waals surface area contributed by atoms with Crippen LogP contribution in [0, 0.1) is 5.92 Å². The van der Waals surface area contributed by atoms with E-state index in [0.717, 1.165) is 30.1 Å². The molecule has 0 aliphatic carbocycles. The zero-order chi connectivity index (χ0) is 20.1. The van der Waals surface area contributed by atoms with E-state index in [9.17, 15) is 4.79 Å². The standard InChI is InChI=1S/C23H28Cl2N2O/c1-16-4-3-13-27(15-16)20-9-7-19(8-10-20)17(2)26-23(28)12-6-18-5-11-21(24)22(25)14-18/h5,7-11,14,16-17H,3-4,6,12-13,15H2,1-2H3,(H,26,28). The number of anilines is 1. The molecule has 28 heavy (non-hydrogen) atoms. The summed E-state index contributed by atoms with van der Waals surface area (Å²) < 4.78 is 0. The predicted molar refractivity (Wildman–Crippen MR) is 118 cm³/mol. The molecular formula is C23H28Cl2N2O. The monoisotopic (exact) mass is 418 g/mol. The molecule has 150 valence electrons. The molecule has 3 nitrogen and oxygen atoms in total. The molecule has 5 heteroatoms. The van der Waals surface area contributed by atoms with Crippen LogP contribution >= 0.6 is 23.2 Å². The van der Waals surface area contributed by atoms with Crippen LogP contribution in [0.2, 0.25) is 10.0 Å². The lowest BCUT2D eigenvalue weighted by atomic mass is 9.99. The number of nitrogens with zero attached hydrogens (tertiary/aromatic N) is 1. The summed E-state index contributed by atoms with van der Waals surface area (Å²) in [5, 5.41) is 4.14. The lowest BCUT2D eigenvalue weighted by Crippen LogP contribution is -2.34. The van der Waals surface area contributed by atoms with Crippen LogP contribution in [-0.2, 0) is 11.2 Å². The summed E-state index contributed by atoms with van der Waals surface area (Å²) in [5.41, 5.74) is 3.41. The molecule has 2 aromatic rings. The van der Waals surface area contributed by atoms with Crippen molar-refractivity contribution in [3.05, 3.63) is 63.6 Å². The van der Waals surface area contributed by atoms with E-state index in [1.807, 2.05) is 19.1 Å². The lowest BCUT2D eigenvalue weighted by Gasteiger charge is -2.33. The van der Waals surface area contributed by atoms with Gasteiger partial charge in [-0.05, 0) is 67.5 Å². The van der Waals surface area contributed by atoms with E-state index >= 15 is 0 Å². The minimum atomic E-state index is -0.0179. The molecule has 2 unspecified atom stereocenters. The Bertz CT molecular complexity index is 807. The molecule has 2 atom stereocenters. The molecule has 1 aliphatic rings. The van der Waals surface area contributed by atoms with Crippen LogP contribution in [0.4, 0.5) is 5.69 Å². The Labute approximate surface area is 178 Å². The Morgan fingerprint density at radius 2 is 1.93 bits per heavy atom. The van der Waals surface area contributed by atoms with Gasteiger partial charge in [-0.15, -0.1) is 0 Å². The molecule has 1 aliphatic heterocycles. The molecule has 0 bridgehead atoms. The first-order valence-corrected chi connectivity index (χ1v) is 10.8. The van der Waals surface area contributed by atoms with E-state index in [-0.39, 0.29) is 11.9 Å². The van der Waals surface area contributed by atoms with Crippen molar-refractivity contribution in [1.29, 1.82) is 0 Å². The van der Waals surface area contributed by atoms with Crippen LogP contribution in [-0.4, -0.2) is 19.0 Å². The third-order valence-electron chi connectivity index (χ3n) is 5.42. The minimum absolute atomic E-state index is 0.0179. The van der Waals surface area contributed by atoms with Gasteiger partial charge in [0.1, 0.15) is 0 Å². The number of carbonyl (C=O) groups excluding carboxylic acids is 1. The zero-order valence-corrected chi connectivity index (χ0v) is 18.1. The highest BCUT2D eigenvalue weighted by Gasteiger charge is 2.17. The van der Waals surface area contributed by atoms with Gasteiger partial charge in [-0.1, -0.05) is 48.3 Å². The Morgan fingerprint density at radius 1 is 1.18 bits per heavy atom. The van der Waals surface area contributed by atoms with Crippen molar-refractivity contribution in [2.24, 2.45) is 5.92 Å². The molecule has 0 aromatic heterocycles. The third kappa shape index (κ3) is 5.65. The summed E-state index contributed by atoms with van der Waals surface area (Å²) in [5.74, 6) is 0.787. The zero-order valence-electron chi connectivity index (χ0n) is 16.6. The number of amides is 1. The Morgan fingerprint density at radius 3 is 2.61 bits per heavy atom. The first-order chi connectivity index (χ1) is 13.4. The molecule has 1 heterocycles. The topological polar surface area (TPSA) is 32.3 Å². The maximum atomic E-state index is 12.3.